The third-order valence-electron chi connectivity index (χ3n) is 5.10. The van der Waals surface area contributed by atoms with Crippen LogP contribution in [-0.4, -0.2) is 10.7 Å². The summed E-state index contributed by atoms with van der Waals surface area (Å²) in [5, 5.41) is 11.2. The highest BCUT2D eigenvalue weighted by molar-refractivity contribution is 5.66. The summed E-state index contributed by atoms with van der Waals surface area (Å²) in [6.45, 7) is 5.28. The Morgan fingerprint density at radius 1 is 0.913 bits per heavy atom. The summed E-state index contributed by atoms with van der Waals surface area (Å²) in [6, 6.07) is 6.75. The molecule has 2 bridgehead atoms. The van der Waals surface area contributed by atoms with Gasteiger partial charge < -0.3 is 5.11 Å². The van der Waals surface area contributed by atoms with Gasteiger partial charge in [-0.3, -0.25) is 0 Å². The van der Waals surface area contributed by atoms with E-state index in [0.29, 0.717) is 16.7 Å². The molecule has 118 valence electrons. The van der Waals surface area contributed by atoms with E-state index in [1.54, 1.807) is 31.2 Å². The fourth-order valence-electron chi connectivity index (χ4n) is 4.15. The molecule has 1 N–H and O–H groups in total. The molecule has 3 atom stereocenters. The van der Waals surface area contributed by atoms with Gasteiger partial charge in [-0.05, 0) is 23.6 Å². The average molecular weight is 320 g/mol. The van der Waals surface area contributed by atoms with E-state index in [2.05, 4.69) is 6.58 Å². The molecule has 2 aromatic carbocycles. The van der Waals surface area contributed by atoms with Crippen molar-refractivity contribution in [2.45, 2.75) is 24.4 Å². The van der Waals surface area contributed by atoms with Gasteiger partial charge in [0.05, 0.1) is 0 Å². The second kappa shape index (κ2) is 4.23. The number of aliphatic hydroxyl groups is 1. The van der Waals surface area contributed by atoms with E-state index in [1.165, 1.54) is 0 Å². The number of rotatable bonds is 1. The number of halogens is 4. The number of fused-ring (bicyclic) bond motifs is 8. The molecule has 23 heavy (non-hydrogen) atoms. The molecule has 2 aliphatic rings. The van der Waals surface area contributed by atoms with Gasteiger partial charge in [-0.2, -0.15) is 0 Å². The number of benzene rings is 2. The molecular weight excluding hydrogens is 308 g/mol. The first-order chi connectivity index (χ1) is 10.8. The first-order valence-electron chi connectivity index (χ1n) is 7.14. The van der Waals surface area contributed by atoms with Crippen molar-refractivity contribution >= 4 is 0 Å². The molecule has 0 heterocycles. The molecule has 1 unspecified atom stereocenters. The normalized spacial score (nSPS) is 27.0. The Labute approximate surface area is 129 Å². The van der Waals surface area contributed by atoms with Crippen molar-refractivity contribution in [3.05, 3.63) is 81.9 Å². The Morgan fingerprint density at radius 2 is 1.30 bits per heavy atom. The highest BCUT2D eigenvalue weighted by atomic mass is 19.2. The quantitative estimate of drug-likeness (QED) is 0.362. The number of hydrogen-bond donors (Lipinski definition) is 1. The maximum Gasteiger partial charge on any atom is 0.197 e. The van der Waals surface area contributed by atoms with Crippen LogP contribution in [0.2, 0.25) is 0 Å². The molecule has 2 aliphatic carbocycles. The first kappa shape index (κ1) is 14.5. The first-order valence-corrected chi connectivity index (χ1v) is 7.14. The Morgan fingerprint density at radius 3 is 1.65 bits per heavy atom. The average Bonchev–Trinajstić information content (AvgIpc) is 2.96. The Kier molecular flexibility index (Phi) is 2.66. The lowest BCUT2D eigenvalue weighted by Gasteiger charge is -2.29. The van der Waals surface area contributed by atoms with Crippen LogP contribution in [0.5, 0.6) is 0 Å². The van der Waals surface area contributed by atoms with Crippen molar-refractivity contribution in [3.8, 4) is 0 Å². The minimum Gasteiger partial charge on any atom is -0.384 e. The summed E-state index contributed by atoms with van der Waals surface area (Å²) < 4.78 is 56.2. The minimum atomic E-state index is -1.85. The molecular formula is C18H12F4O. The molecule has 4 rings (SSSR count). The Balaban J connectivity index is 2.16. The molecule has 5 heteroatoms. The van der Waals surface area contributed by atoms with E-state index in [9.17, 15) is 22.7 Å². The fraction of sp³-hybridized carbons (Fsp3) is 0.222. The molecule has 0 radical (unpaired) electrons. The van der Waals surface area contributed by atoms with Crippen LogP contribution < -0.4 is 0 Å². The zero-order chi connectivity index (χ0) is 16.7. The molecule has 0 spiro atoms. The summed E-state index contributed by atoms with van der Waals surface area (Å²) in [4.78, 5) is 0. The second-order valence-corrected chi connectivity index (χ2v) is 6.18. The topological polar surface area (TPSA) is 20.2 Å². The third kappa shape index (κ3) is 1.42. The van der Waals surface area contributed by atoms with Crippen molar-refractivity contribution in [3.63, 3.8) is 0 Å². The predicted octanol–water partition coefficient (Wildman–Crippen LogP) is 4.14. The fourth-order valence-corrected chi connectivity index (χ4v) is 4.15. The molecule has 0 fully saturated rings. The van der Waals surface area contributed by atoms with E-state index in [1.807, 2.05) is 0 Å². The van der Waals surface area contributed by atoms with Crippen molar-refractivity contribution in [2.24, 2.45) is 0 Å². The smallest absolute Gasteiger partial charge is 0.197 e. The van der Waals surface area contributed by atoms with Gasteiger partial charge in [0.25, 0.3) is 0 Å². The van der Waals surface area contributed by atoms with Crippen molar-refractivity contribution in [1.29, 1.82) is 0 Å². The van der Waals surface area contributed by atoms with Crippen LogP contribution in [0.25, 0.3) is 0 Å². The molecule has 0 aromatic heterocycles. The predicted molar refractivity (Wildman–Crippen MR) is 76.2 cm³/mol. The van der Waals surface area contributed by atoms with Crippen molar-refractivity contribution < 1.29 is 22.7 Å². The Bertz CT molecular complexity index is 825. The monoisotopic (exact) mass is 320 g/mol. The number of hydrogen-bond acceptors (Lipinski definition) is 1. The van der Waals surface area contributed by atoms with Crippen molar-refractivity contribution in [1.82, 2.24) is 0 Å². The van der Waals surface area contributed by atoms with Crippen molar-refractivity contribution in [2.75, 3.05) is 0 Å². The third-order valence-corrected chi connectivity index (χ3v) is 5.10. The van der Waals surface area contributed by atoms with Gasteiger partial charge in [0.1, 0.15) is 5.60 Å². The van der Waals surface area contributed by atoms with Crippen LogP contribution in [0.3, 0.4) is 0 Å². The van der Waals surface area contributed by atoms with Crippen LogP contribution in [0.4, 0.5) is 17.6 Å². The lowest BCUT2D eigenvalue weighted by Crippen LogP contribution is -2.34. The Hall–Kier alpha value is -2.14. The molecule has 1 nitrogen and oxygen atoms in total. The molecule has 0 amide bonds. The van der Waals surface area contributed by atoms with Crippen LogP contribution in [0, 0.1) is 23.3 Å². The molecule has 2 aromatic rings. The maximum absolute atomic E-state index is 14.4. The summed E-state index contributed by atoms with van der Waals surface area (Å²) in [6.07, 6.45) is 0. The zero-order valence-corrected chi connectivity index (χ0v) is 12.1. The van der Waals surface area contributed by atoms with Crippen LogP contribution in [-0.2, 0) is 0 Å². The lowest BCUT2D eigenvalue weighted by atomic mass is 9.81. The lowest BCUT2D eigenvalue weighted by molar-refractivity contribution is 0.0689. The van der Waals surface area contributed by atoms with Gasteiger partial charge in [0, 0.05) is 23.0 Å². The minimum absolute atomic E-state index is 0.291. The van der Waals surface area contributed by atoms with E-state index in [4.69, 9.17) is 0 Å². The largest absolute Gasteiger partial charge is 0.384 e. The van der Waals surface area contributed by atoms with Gasteiger partial charge in [0.15, 0.2) is 23.3 Å². The molecule has 0 aliphatic heterocycles. The SMILES string of the molecule is C=C(C)C1(O)[C@@H]2c3ccccc3[C@H]1c1c(F)c(F)c(F)c(F)c12. The van der Waals surface area contributed by atoms with E-state index >= 15 is 0 Å². The maximum atomic E-state index is 14.4. The summed E-state index contributed by atoms with van der Waals surface area (Å²) in [5.41, 5.74) is -0.862. The van der Waals surface area contributed by atoms with Crippen LogP contribution >= 0.6 is 0 Å². The zero-order valence-electron chi connectivity index (χ0n) is 12.1. The van der Waals surface area contributed by atoms with Gasteiger partial charge in [-0.15, -0.1) is 0 Å². The summed E-state index contributed by atoms with van der Waals surface area (Å²) in [5.74, 6) is -8.59. The van der Waals surface area contributed by atoms with E-state index in [0.717, 1.165) is 0 Å². The second-order valence-electron chi connectivity index (χ2n) is 6.18. The van der Waals surface area contributed by atoms with Gasteiger partial charge in [-0.25, -0.2) is 17.6 Å². The standard InChI is InChI=1S/C18H12F4O/c1-7(2)18(23)12-8-5-3-4-6-9(8)13(18)11-10(12)14(19)16(21)17(22)15(11)20/h3-6,12-13,23H,1H2,2H3/t12-,13+,18?. The summed E-state index contributed by atoms with van der Waals surface area (Å²) in [7, 11) is 0. The van der Waals surface area contributed by atoms with Crippen LogP contribution in [0.15, 0.2) is 36.4 Å². The van der Waals surface area contributed by atoms with Gasteiger partial charge in [-0.1, -0.05) is 30.8 Å². The van der Waals surface area contributed by atoms with E-state index < -0.39 is 40.7 Å². The van der Waals surface area contributed by atoms with Crippen LogP contribution in [0.1, 0.15) is 41.0 Å². The van der Waals surface area contributed by atoms with Gasteiger partial charge >= 0.3 is 0 Å². The highest BCUT2D eigenvalue weighted by Crippen LogP contribution is 2.65. The molecule has 0 saturated heterocycles. The van der Waals surface area contributed by atoms with E-state index in [-0.39, 0.29) is 11.1 Å². The summed E-state index contributed by atoms with van der Waals surface area (Å²) >= 11 is 0. The highest BCUT2D eigenvalue weighted by Gasteiger charge is 2.62. The van der Waals surface area contributed by atoms with Gasteiger partial charge in [0.2, 0.25) is 0 Å². The molecule has 0 saturated carbocycles.